The standard InChI is InChI=1S/C14H16ClN3O/c1-3-19-9-14-17-12(8-13(16-2)18-14)10-4-6-11(15)7-5-10/h4-8H,3,9H2,1-2H3,(H,16,17,18). The van der Waals surface area contributed by atoms with E-state index in [1.165, 1.54) is 0 Å². The summed E-state index contributed by atoms with van der Waals surface area (Å²) in [5.41, 5.74) is 1.85. The molecular weight excluding hydrogens is 262 g/mol. The number of hydrogen-bond acceptors (Lipinski definition) is 4. The van der Waals surface area contributed by atoms with E-state index in [0.29, 0.717) is 24.1 Å². The second-order valence-corrected chi connectivity index (χ2v) is 4.39. The predicted octanol–water partition coefficient (Wildman–Crippen LogP) is 3.38. The summed E-state index contributed by atoms with van der Waals surface area (Å²) in [4.78, 5) is 8.86. The van der Waals surface area contributed by atoms with Gasteiger partial charge in [-0.05, 0) is 19.1 Å². The van der Waals surface area contributed by atoms with Crippen molar-refractivity contribution in [1.82, 2.24) is 9.97 Å². The number of nitrogens with one attached hydrogen (secondary N) is 1. The van der Waals surface area contributed by atoms with Gasteiger partial charge < -0.3 is 10.1 Å². The maximum absolute atomic E-state index is 5.89. The largest absolute Gasteiger partial charge is 0.374 e. The van der Waals surface area contributed by atoms with Gasteiger partial charge in [-0.25, -0.2) is 9.97 Å². The third kappa shape index (κ3) is 3.66. The molecule has 4 nitrogen and oxygen atoms in total. The van der Waals surface area contributed by atoms with E-state index in [1.54, 1.807) is 0 Å². The fourth-order valence-corrected chi connectivity index (χ4v) is 1.78. The van der Waals surface area contributed by atoms with Gasteiger partial charge in [0, 0.05) is 30.3 Å². The van der Waals surface area contributed by atoms with Crippen LogP contribution in [0.5, 0.6) is 0 Å². The molecule has 0 bridgehead atoms. The van der Waals surface area contributed by atoms with Gasteiger partial charge in [0.25, 0.3) is 0 Å². The van der Waals surface area contributed by atoms with E-state index in [-0.39, 0.29) is 0 Å². The third-order valence-electron chi connectivity index (χ3n) is 2.60. The lowest BCUT2D eigenvalue weighted by Gasteiger charge is -2.08. The topological polar surface area (TPSA) is 47.0 Å². The lowest BCUT2D eigenvalue weighted by molar-refractivity contribution is 0.128. The summed E-state index contributed by atoms with van der Waals surface area (Å²) in [6, 6.07) is 9.47. The number of hydrogen-bond donors (Lipinski definition) is 1. The molecule has 1 N–H and O–H groups in total. The summed E-state index contributed by atoms with van der Waals surface area (Å²) in [5, 5.41) is 3.74. The van der Waals surface area contributed by atoms with Crippen molar-refractivity contribution >= 4 is 17.4 Å². The van der Waals surface area contributed by atoms with Crippen LogP contribution in [0, 0.1) is 0 Å². The van der Waals surface area contributed by atoms with Crippen molar-refractivity contribution in [3.05, 3.63) is 41.2 Å². The number of anilines is 1. The normalized spacial score (nSPS) is 10.5. The summed E-state index contributed by atoms with van der Waals surface area (Å²) in [6.45, 7) is 3.00. The summed E-state index contributed by atoms with van der Waals surface area (Å²) < 4.78 is 5.36. The van der Waals surface area contributed by atoms with E-state index in [4.69, 9.17) is 16.3 Å². The van der Waals surface area contributed by atoms with Gasteiger partial charge in [0.05, 0.1) is 5.69 Å². The van der Waals surface area contributed by atoms with Gasteiger partial charge in [-0.15, -0.1) is 0 Å². The highest BCUT2D eigenvalue weighted by Gasteiger charge is 2.06. The van der Waals surface area contributed by atoms with Crippen molar-refractivity contribution in [3.8, 4) is 11.3 Å². The van der Waals surface area contributed by atoms with Crippen LogP contribution < -0.4 is 5.32 Å². The van der Waals surface area contributed by atoms with Crippen LogP contribution in [0.2, 0.25) is 5.02 Å². The fourth-order valence-electron chi connectivity index (χ4n) is 1.65. The molecule has 0 saturated carbocycles. The van der Waals surface area contributed by atoms with Crippen LogP contribution in [0.4, 0.5) is 5.82 Å². The molecule has 0 saturated heterocycles. The van der Waals surface area contributed by atoms with Crippen molar-refractivity contribution in [2.24, 2.45) is 0 Å². The SMILES string of the molecule is CCOCc1nc(NC)cc(-c2ccc(Cl)cc2)n1. The average molecular weight is 278 g/mol. The Morgan fingerprint density at radius 2 is 1.95 bits per heavy atom. The van der Waals surface area contributed by atoms with Crippen molar-refractivity contribution < 1.29 is 4.74 Å². The van der Waals surface area contributed by atoms with Gasteiger partial charge in [-0.2, -0.15) is 0 Å². The molecular formula is C14H16ClN3O. The van der Waals surface area contributed by atoms with Crippen molar-refractivity contribution in [2.45, 2.75) is 13.5 Å². The third-order valence-corrected chi connectivity index (χ3v) is 2.86. The lowest BCUT2D eigenvalue weighted by Crippen LogP contribution is -2.03. The first-order chi connectivity index (χ1) is 9.22. The molecule has 0 aliphatic carbocycles. The van der Waals surface area contributed by atoms with Crippen molar-refractivity contribution in [1.29, 1.82) is 0 Å². The van der Waals surface area contributed by atoms with Crippen LogP contribution in [0.25, 0.3) is 11.3 Å². The number of nitrogens with zero attached hydrogens (tertiary/aromatic N) is 2. The average Bonchev–Trinajstić information content (AvgIpc) is 2.45. The van der Waals surface area contributed by atoms with E-state index >= 15 is 0 Å². The zero-order valence-corrected chi connectivity index (χ0v) is 11.7. The highest BCUT2D eigenvalue weighted by atomic mass is 35.5. The monoisotopic (exact) mass is 277 g/mol. The van der Waals surface area contributed by atoms with Crippen LogP contribution in [0.15, 0.2) is 30.3 Å². The molecule has 1 heterocycles. The second kappa shape index (κ2) is 6.50. The molecule has 2 rings (SSSR count). The van der Waals surface area contributed by atoms with E-state index in [2.05, 4.69) is 15.3 Å². The maximum atomic E-state index is 5.89. The molecule has 0 aliphatic rings. The van der Waals surface area contributed by atoms with Crippen LogP contribution in [0.1, 0.15) is 12.7 Å². The minimum absolute atomic E-state index is 0.409. The number of rotatable bonds is 5. The maximum Gasteiger partial charge on any atom is 0.157 e. The minimum atomic E-state index is 0.409. The quantitative estimate of drug-likeness (QED) is 0.910. The number of aromatic nitrogens is 2. The number of halogens is 1. The number of benzene rings is 1. The van der Waals surface area contributed by atoms with Gasteiger partial charge >= 0.3 is 0 Å². The smallest absolute Gasteiger partial charge is 0.157 e. The van der Waals surface area contributed by atoms with Crippen molar-refractivity contribution in [3.63, 3.8) is 0 Å². The van der Waals surface area contributed by atoms with Crippen LogP contribution in [-0.4, -0.2) is 23.6 Å². The number of ether oxygens (including phenoxy) is 1. The van der Waals surface area contributed by atoms with E-state index in [9.17, 15) is 0 Å². The zero-order valence-electron chi connectivity index (χ0n) is 11.0. The molecule has 100 valence electrons. The summed E-state index contributed by atoms with van der Waals surface area (Å²) >= 11 is 5.89. The Morgan fingerprint density at radius 3 is 2.58 bits per heavy atom. The molecule has 19 heavy (non-hydrogen) atoms. The van der Waals surface area contributed by atoms with Crippen LogP contribution >= 0.6 is 11.6 Å². The Bertz CT molecular complexity index is 543. The van der Waals surface area contributed by atoms with Crippen molar-refractivity contribution in [2.75, 3.05) is 19.0 Å². The molecule has 0 fully saturated rings. The summed E-state index contributed by atoms with van der Waals surface area (Å²) in [6.07, 6.45) is 0. The highest BCUT2D eigenvalue weighted by molar-refractivity contribution is 6.30. The Balaban J connectivity index is 2.35. The first kappa shape index (κ1) is 13.8. The molecule has 2 aromatic rings. The molecule has 0 spiro atoms. The van der Waals surface area contributed by atoms with Gasteiger partial charge in [0.1, 0.15) is 12.4 Å². The first-order valence-electron chi connectivity index (χ1n) is 6.12. The summed E-state index contributed by atoms with van der Waals surface area (Å²) in [7, 11) is 1.83. The van der Waals surface area contributed by atoms with Crippen LogP contribution in [0.3, 0.4) is 0 Å². The van der Waals surface area contributed by atoms with Gasteiger partial charge in [0.15, 0.2) is 5.82 Å². The molecule has 1 aromatic carbocycles. The predicted molar refractivity (Wildman–Crippen MR) is 77.4 cm³/mol. The minimum Gasteiger partial charge on any atom is -0.374 e. The molecule has 1 aromatic heterocycles. The summed E-state index contributed by atoms with van der Waals surface area (Å²) in [5.74, 6) is 1.44. The Hall–Kier alpha value is -1.65. The zero-order chi connectivity index (χ0) is 13.7. The molecule has 0 radical (unpaired) electrons. The van der Waals surface area contributed by atoms with E-state index in [0.717, 1.165) is 17.1 Å². The Morgan fingerprint density at radius 1 is 1.21 bits per heavy atom. The van der Waals surface area contributed by atoms with Gasteiger partial charge in [-0.3, -0.25) is 0 Å². The first-order valence-corrected chi connectivity index (χ1v) is 6.50. The van der Waals surface area contributed by atoms with E-state index in [1.807, 2.05) is 44.3 Å². The molecule has 5 heteroatoms. The Kier molecular flexibility index (Phi) is 4.71. The van der Waals surface area contributed by atoms with E-state index < -0.39 is 0 Å². The van der Waals surface area contributed by atoms with Gasteiger partial charge in [0.2, 0.25) is 0 Å². The highest BCUT2D eigenvalue weighted by Crippen LogP contribution is 2.22. The molecule has 0 aliphatic heterocycles. The lowest BCUT2D eigenvalue weighted by atomic mass is 10.1. The Labute approximate surface area is 117 Å². The fraction of sp³-hybridized carbons (Fsp3) is 0.286. The van der Waals surface area contributed by atoms with Crippen LogP contribution in [-0.2, 0) is 11.3 Å². The second-order valence-electron chi connectivity index (χ2n) is 3.95. The molecule has 0 amide bonds. The van der Waals surface area contributed by atoms with Gasteiger partial charge in [-0.1, -0.05) is 23.7 Å². The molecule has 0 unspecified atom stereocenters. The molecule has 0 atom stereocenters.